The Hall–Kier alpha value is -3.54. The van der Waals surface area contributed by atoms with Gasteiger partial charge in [0.1, 0.15) is 0 Å². The van der Waals surface area contributed by atoms with E-state index in [1.807, 2.05) is 18.2 Å². The molecule has 0 fully saturated rings. The van der Waals surface area contributed by atoms with Crippen molar-refractivity contribution in [3.63, 3.8) is 0 Å². The molecular formula is C21H18N2O4. The Bertz CT molecular complexity index is 1030. The number of nitrogens with zero attached hydrogens (tertiary/aromatic N) is 1. The summed E-state index contributed by atoms with van der Waals surface area (Å²) in [6.07, 6.45) is 0. The first-order valence-electron chi connectivity index (χ1n) is 8.38. The van der Waals surface area contributed by atoms with Crippen molar-refractivity contribution >= 4 is 34.3 Å². The number of para-hydroxylation sites is 1. The van der Waals surface area contributed by atoms with E-state index >= 15 is 0 Å². The molecule has 6 nitrogen and oxygen atoms in total. The third kappa shape index (κ3) is 4.36. The second-order valence-electron chi connectivity index (χ2n) is 6.09. The van der Waals surface area contributed by atoms with Crippen LogP contribution in [-0.2, 0) is 9.53 Å². The maximum Gasteiger partial charge on any atom is 0.339 e. The van der Waals surface area contributed by atoms with Crippen LogP contribution in [0.25, 0.3) is 10.9 Å². The monoisotopic (exact) mass is 362 g/mol. The molecule has 1 aromatic heterocycles. The van der Waals surface area contributed by atoms with E-state index in [4.69, 9.17) is 4.74 Å². The topological polar surface area (TPSA) is 85.4 Å². The van der Waals surface area contributed by atoms with E-state index in [1.165, 1.54) is 6.92 Å². The van der Waals surface area contributed by atoms with E-state index in [-0.39, 0.29) is 5.78 Å². The Morgan fingerprint density at radius 3 is 2.44 bits per heavy atom. The lowest BCUT2D eigenvalue weighted by atomic mass is 10.1. The van der Waals surface area contributed by atoms with Crippen LogP contribution >= 0.6 is 0 Å². The molecule has 0 unspecified atom stereocenters. The Labute approximate surface area is 156 Å². The zero-order valence-electron chi connectivity index (χ0n) is 15.0. The minimum absolute atomic E-state index is 0.0540. The molecule has 136 valence electrons. The number of benzene rings is 2. The highest BCUT2D eigenvalue weighted by molar-refractivity contribution is 6.04. The molecule has 2 aromatic carbocycles. The molecule has 0 saturated heterocycles. The maximum atomic E-state index is 12.4. The van der Waals surface area contributed by atoms with Gasteiger partial charge in [-0.2, -0.15) is 0 Å². The summed E-state index contributed by atoms with van der Waals surface area (Å²) in [6, 6.07) is 15.4. The third-order valence-electron chi connectivity index (χ3n) is 3.97. The molecule has 0 saturated carbocycles. The molecule has 3 aromatic rings. The normalized spacial score (nSPS) is 10.4. The number of aryl methyl sites for hydroxylation is 1. The highest BCUT2D eigenvalue weighted by atomic mass is 16.5. The van der Waals surface area contributed by atoms with Crippen LogP contribution in [0.5, 0.6) is 0 Å². The minimum Gasteiger partial charge on any atom is -0.452 e. The molecule has 1 N–H and O–H groups in total. The van der Waals surface area contributed by atoms with Crippen molar-refractivity contribution in [2.24, 2.45) is 0 Å². The molecule has 0 bridgehead atoms. The summed E-state index contributed by atoms with van der Waals surface area (Å²) >= 11 is 0. The second kappa shape index (κ2) is 7.78. The zero-order chi connectivity index (χ0) is 19.4. The number of ether oxygens (including phenoxy) is 1. The average molecular weight is 362 g/mol. The van der Waals surface area contributed by atoms with Crippen molar-refractivity contribution in [2.45, 2.75) is 13.8 Å². The number of pyridine rings is 1. The number of esters is 1. The van der Waals surface area contributed by atoms with Gasteiger partial charge in [0, 0.05) is 22.3 Å². The van der Waals surface area contributed by atoms with Gasteiger partial charge < -0.3 is 10.1 Å². The van der Waals surface area contributed by atoms with Crippen LogP contribution in [0.4, 0.5) is 5.69 Å². The number of carbonyl (C=O) groups is 3. The number of hydrogen-bond acceptors (Lipinski definition) is 5. The van der Waals surface area contributed by atoms with Crippen LogP contribution in [-0.4, -0.2) is 29.3 Å². The smallest absolute Gasteiger partial charge is 0.339 e. The van der Waals surface area contributed by atoms with Crippen LogP contribution in [0, 0.1) is 6.92 Å². The number of carbonyl (C=O) groups excluding carboxylic acids is 3. The van der Waals surface area contributed by atoms with Gasteiger partial charge in [-0.1, -0.05) is 18.2 Å². The highest BCUT2D eigenvalue weighted by Crippen LogP contribution is 2.19. The van der Waals surface area contributed by atoms with Gasteiger partial charge in [0.05, 0.1) is 11.1 Å². The second-order valence-corrected chi connectivity index (χ2v) is 6.09. The Morgan fingerprint density at radius 1 is 1.04 bits per heavy atom. The predicted molar refractivity (Wildman–Crippen MR) is 102 cm³/mol. The number of aromatic nitrogens is 1. The lowest BCUT2D eigenvalue weighted by Gasteiger charge is -2.09. The molecule has 0 aliphatic carbocycles. The molecule has 0 aliphatic heterocycles. The molecule has 6 heteroatoms. The largest absolute Gasteiger partial charge is 0.452 e. The summed E-state index contributed by atoms with van der Waals surface area (Å²) < 4.78 is 5.15. The SMILES string of the molecule is CC(=O)c1ccc(NC(=O)COC(=O)c2cc(C)nc3ccccc23)cc1. The standard InChI is InChI=1S/C21H18N2O4/c1-13-11-18(17-5-3-4-6-19(17)22-13)21(26)27-12-20(25)23-16-9-7-15(8-10-16)14(2)24/h3-11H,12H2,1-2H3,(H,23,25). The first kappa shape index (κ1) is 18.3. The van der Waals surface area contributed by atoms with E-state index in [0.717, 1.165) is 0 Å². The number of fused-ring (bicyclic) bond motifs is 1. The molecule has 27 heavy (non-hydrogen) atoms. The number of ketones is 1. The summed E-state index contributed by atoms with van der Waals surface area (Å²) in [5, 5.41) is 3.30. The van der Waals surface area contributed by atoms with Crippen molar-refractivity contribution < 1.29 is 19.1 Å². The summed E-state index contributed by atoms with van der Waals surface area (Å²) in [6.45, 7) is 2.85. The minimum atomic E-state index is -0.584. The fourth-order valence-electron chi connectivity index (χ4n) is 2.67. The van der Waals surface area contributed by atoms with E-state index in [2.05, 4.69) is 10.3 Å². The van der Waals surface area contributed by atoms with Gasteiger partial charge in [0.25, 0.3) is 5.91 Å². The molecule has 0 aliphatic rings. The van der Waals surface area contributed by atoms with Crippen LogP contribution in [0.1, 0.15) is 33.3 Å². The molecular weight excluding hydrogens is 344 g/mol. The van der Waals surface area contributed by atoms with Crippen LogP contribution in [0.15, 0.2) is 54.6 Å². The summed E-state index contributed by atoms with van der Waals surface area (Å²) in [5.74, 6) is -1.10. The number of Topliss-reactive ketones (excluding diaryl/α,β-unsaturated/α-hetero) is 1. The van der Waals surface area contributed by atoms with E-state index in [1.54, 1.807) is 43.3 Å². The van der Waals surface area contributed by atoms with E-state index in [9.17, 15) is 14.4 Å². The van der Waals surface area contributed by atoms with Gasteiger partial charge in [0.15, 0.2) is 12.4 Å². The van der Waals surface area contributed by atoms with Crippen LogP contribution in [0.2, 0.25) is 0 Å². The predicted octanol–water partition coefficient (Wildman–Crippen LogP) is 3.54. The first-order chi connectivity index (χ1) is 12.9. The molecule has 1 amide bonds. The number of nitrogens with one attached hydrogen (secondary N) is 1. The number of rotatable bonds is 5. The highest BCUT2D eigenvalue weighted by Gasteiger charge is 2.15. The molecule has 0 radical (unpaired) electrons. The van der Waals surface area contributed by atoms with Gasteiger partial charge in [0.2, 0.25) is 0 Å². The van der Waals surface area contributed by atoms with Crippen LogP contribution < -0.4 is 5.32 Å². The Morgan fingerprint density at radius 2 is 1.74 bits per heavy atom. The summed E-state index contributed by atoms with van der Waals surface area (Å²) in [4.78, 5) is 40.1. The lowest BCUT2D eigenvalue weighted by molar-refractivity contribution is -0.119. The zero-order valence-corrected chi connectivity index (χ0v) is 15.0. The fraction of sp³-hybridized carbons (Fsp3) is 0.143. The number of hydrogen-bond donors (Lipinski definition) is 1. The van der Waals surface area contributed by atoms with Crippen LogP contribution in [0.3, 0.4) is 0 Å². The van der Waals surface area contributed by atoms with Gasteiger partial charge >= 0.3 is 5.97 Å². The first-order valence-corrected chi connectivity index (χ1v) is 8.38. The number of anilines is 1. The van der Waals surface area contributed by atoms with E-state index < -0.39 is 18.5 Å². The fourth-order valence-corrected chi connectivity index (χ4v) is 2.67. The molecule has 0 spiro atoms. The average Bonchev–Trinajstić information content (AvgIpc) is 2.65. The summed E-state index contributed by atoms with van der Waals surface area (Å²) in [7, 11) is 0. The Kier molecular flexibility index (Phi) is 5.26. The number of amides is 1. The lowest BCUT2D eigenvalue weighted by Crippen LogP contribution is -2.21. The molecule has 1 heterocycles. The van der Waals surface area contributed by atoms with Gasteiger partial charge in [-0.05, 0) is 50.2 Å². The summed E-state index contributed by atoms with van der Waals surface area (Å²) in [5.41, 5.74) is 2.83. The van der Waals surface area contributed by atoms with Crippen molar-refractivity contribution in [3.05, 3.63) is 71.4 Å². The van der Waals surface area contributed by atoms with Gasteiger partial charge in [-0.3, -0.25) is 14.6 Å². The van der Waals surface area contributed by atoms with Gasteiger partial charge in [-0.15, -0.1) is 0 Å². The molecule has 0 atom stereocenters. The third-order valence-corrected chi connectivity index (χ3v) is 3.97. The maximum absolute atomic E-state index is 12.4. The van der Waals surface area contributed by atoms with Crippen molar-refractivity contribution in [1.82, 2.24) is 4.98 Å². The Balaban J connectivity index is 1.65. The van der Waals surface area contributed by atoms with Crippen molar-refractivity contribution in [1.29, 1.82) is 0 Å². The van der Waals surface area contributed by atoms with Crippen molar-refractivity contribution in [2.75, 3.05) is 11.9 Å². The van der Waals surface area contributed by atoms with Gasteiger partial charge in [-0.25, -0.2) is 4.79 Å². The quantitative estimate of drug-likeness (QED) is 0.554. The van der Waals surface area contributed by atoms with Crippen molar-refractivity contribution in [3.8, 4) is 0 Å². The van der Waals surface area contributed by atoms with E-state index in [0.29, 0.717) is 33.4 Å². The molecule has 3 rings (SSSR count).